The van der Waals surface area contributed by atoms with Crippen molar-refractivity contribution in [1.82, 2.24) is 19.6 Å². The fourth-order valence-corrected chi connectivity index (χ4v) is 5.78. The van der Waals surface area contributed by atoms with Crippen molar-refractivity contribution < 1.29 is 17.6 Å². The molecule has 2 aromatic carbocycles. The van der Waals surface area contributed by atoms with E-state index in [0.29, 0.717) is 11.0 Å². The highest BCUT2D eigenvalue weighted by Gasteiger charge is 2.26. The molecule has 3 heterocycles. The van der Waals surface area contributed by atoms with Crippen LogP contribution in [0.15, 0.2) is 54.9 Å². The number of H-pyrrole nitrogens is 1. The standard InChI is InChI=1S/C27H28ClFN6O3S/c1-3-34(2)39(37,38)33-23-9-8-22(29)24(25(23)28)26(36)21-16-32-27-20(21)14-18(15-31-27)17-4-6-19(7-5-17)35-12-10-30-11-13-35/h4-9,14-16,30,33H,3,10-13H2,1-2H3,(H,31,32). The number of piperazine rings is 1. The first kappa shape index (κ1) is 27.1. The average molecular weight is 571 g/mol. The predicted molar refractivity (Wildman–Crippen MR) is 152 cm³/mol. The van der Waals surface area contributed by atoms with Gasteiger partial charge in [0.25, 0.3) is 0 Å². The molecule has 1 aliphatic heterocycles. The van der Waals surface area contributed by atoms with Gasteiger partial charge in [0.05, 0.1) is 16.3 Å². The van der Waals surface area contributed by atoms with Gasteiger partial charge in [-0.2, -0.15) is 12.7 Å². The molecule has 12 heteroatoms. The van der Waals surface area contributed by atoms with Crippen LogP contribution in [0.4, 0.5) is 15.8 Å². The van der Waals surface area contributed by atoms with Crippen molar-refractivity contribution in [2.24, 2.45) is 0 Å². The zero-order valence-corrected chi connectivity index (χ0v) is 23.0. The number of benzene rings is 2. The van der Waals surface area contributed by atoms with E-state index in [2.05, 4.69) is 37.0 Å². The number of hydrogen-bond donors (Lipinski definition) is 3. The molecular weight excluding hydrogens is 543 g/mol. The van der Waals surface area contributed by atoms with E-state index < -0.39 is 27.4 Å². The molecule has 0 bridgehead atoms. The molecule has 0 radical (unpaired) electrons. The van der Waals surface area contributed by atoms with Crippen LogP contribution in [0.25, 0.3) is 22.2 Å². The van der Waals surface area contributed by atoms with Crippen LogP contribution in [-0.2, 0) is 10.2 Å². The van der Waals surface area contributed by atoms with Gasteiger partial charge in [-0.3, -0.25) is 9.52 Å². The zero-order valence-electron chi connectivity index (χ0n) is 21.5. The van der Waals surface area contributed by atoms with Crippen LogP contribution >= 0.6 is 11.6 Å². The number of nitrogens with one attached hydrogen (secondary N) is 3. The van der Waals surface area contributed by atoms with Crippen molar-refractivity contribution in [3.8, 4) is 11.1 Å². The number of carbonyl (C=O) groups is 1. The van der Waals surface area contributed by atoms with E-state index in [0.717, 1.165) is 53.4 Å². The molecule has 4 aromatic rings. The minimum Gasteiger partial charge on any atom is -0.369 e. The maximum absolute atomic E-state index is 14.9. The molecule has 0 unspecified atom stereocenters. The Morgan fingerprint density at radius 2 is 1.87 bits per heavy atom. The van der Waals surface area contributed by atoms with Gasteiger partial charge in [0, 0.05) is 74.4 Å². The van der Waals surface area contributed by atoms with E-state index >= 15 is 0 Å². The van der Waals surface area contributed by atoms with Crippen LogP contribution in [0.1, 0.15) is 22.8 Å². The van der Waals surface area contributed by atoms with Crippen LogP contribution in [0, 0.1) is 5.82 Å². The lowest BCUT2D eigenvalue weighted by atomic mass is 10.00. The number of aromatic amines is 1. The van der Waals surface area contributed by atoms with Gasteiger partial charge in [0.2, 0.25) is 0 Å². The molecule has 0 aliphatic carbocycles. The number of rotatable bonds is 8. The topological polar surface area (TPSA) is 110 Å². The van der Waals surface area contributed by atoms with Gasteiger partial charge < -0.3 is 15.2 Å². The SMILES string of the molecule is CCN(C)S(=O)(=O)Nc1ccc(F)c(C(=O)c2c[nH]c3ncc(-c4ccc(N5CCNCC5)cc4)cc23)c1Cl. The second kappa shape index (κ2) is 10.9. The molecule has 9 nitrogen and oxygen atoms in total. The highest BCUT2D eigenvalue weighted by molar-refractivity contribution is 7.90. The first-order chi connectivity index (χ1) is 18.7. The third-order valence-electron chi connectivity index (χ3n) is 6.87. The van der Waals surface area contributed by atoms with Crippen molar-refractivity contribution >= 4 is 50.0 Å². The smallest absolute Gasteiger partial charge is 0.301 e. The van der Waals surface area contributed by atoms with Gasteiger partial charge in [-0.05, 0) is 35.9 Å². The number of carbonyl (C=O) groups excluding carboxylic acids is 1. The Balaban J connectivity index is 1.48. The molecule has 0 saturated carbocycles. The summed E-state index contributed by atoms with van der Waals surface area (Å²) in [6.45, 7) is 5.66. The molecule has 0 atom stereocenters. The lowest BCUT2D eigenvalue weighted by Crippen LogP contribution is -2.43. The Kier molecular flexibility index (Phi) is 7.59. The molecule has 0 amide bonds. The van der Waals surface area contributed by atoms with E-state index in [9.17, 15) is 17.6 Å². The summed E-state index contributed by atoms with van der Waals surface area (Å²) >= 11 is 6.40. The van der Waals surface area contributed by atoms with E-state index in [-0.39, 0.29) is 22.8 Å². The van der Waals surface area contributed by atoms with Gasteiger partial charge in [0.15, 0.2) is 5.78 Å². The first-order valence-electron chi connectivity index (χ1n) is 12.5. The van der Waals surface area contributed by atoms with Crippen molar-refractivity contribution in [3.63, 3.8) is 0 Å². The van der Waals surface area contributed by atoms with Crippen molar-refractivity contribution in [1.29, 1.82) is 0 Å². The van der Waals surface area contributed by atoms with Crippen molar-refractivity contribution in [3.05, 3.63) is 76.8 Å². The fourth-order valence-electron chi connectivity index (χ4n) is 4.50. The predicted octanol–water partition coefficient (Wildman–Crippen LogP) is 4.27. The Morgan fingerprint density at radius 1 is 1.15 bits per heavy atom. The van der Waals surface area contributed by atoms with Gasteiger partial charge in [-0.1, -0.05) is 30.7 Å². The monoisotopic (exact) mass is 570 g/mol. The summed E-state index contributed by atoms with van der Waals surface area (Å²) in [6, 6.07) is 12.2. The molecule has 3 N–H and O–H groups in total. The van der Waals surface area contributed by atoms with Crippen LogP contribution in [0.2, 0.25) is 5.02 Å². The summed E-state index contributed by atoms with van der Waals surface area (Å²) in [7, 11) is -2.54. The van der Waals surface area contributed by atoms with Crippen LogP contribution in [-0.4, -0.2) is 68.2 Å². The number of pyridine rings is 1. The van der Waals surface area contributed by atoms with Gasteiger partial charge in [0.1, 0.15) is 11.5 Å². The summed E-state index contributed by atoms with van der Waals surface area (Å²) in [5, 5.41) is 3.52. The van der Waals surface area contributed by atoms with Gasteiger partial charge >= 0.3 is 10.2 Å². The summed E-state index contributed by atoms with van der Waals surface area (Å²) in [5.74, 6) is -1.56. The second-order valence-corrected chi connectivity index (χ2v) is 11.4. The third kappa shape index (κ3) is 5.35. The minimum atomic E-state index is -3.93. The number of anilines is 2. The summed E-state index contributed by atoms with van der Waals surface area (Å²) in [4.78, 5) is 23.3. The maximum atomic E-state index is 14.9. The molecule has 2 aromatic heterocycles. The number of halogens is 2. The first-order valence-corrected chi connectivity index (χ1v) is 14.3. The zero-order chi connectivity index (χ0) is 27.7. The quantitative estimate of drug-likeness (QED) is 0.273. The molecule has 0 spiro atoms. The number of hydrogen-bond acceptors (Lipinski definition) is 6. The number of ketones is 1. The summed E-state index contributed by atoms with van der Waals surface area (Å²) < 4.78 is 43.3. The van der Waals surface area contributed by atoms with E-state index in [4.69, 9.17) is 11.6 Å². The van der Waals surface area contributed by atoms with E-state index in [1.807, 2.05) is 18.2 Å². The molecular formula is C27H28ClFN6O3S. The normalized spacial score (nSPS) is 14.2. The van der Waals surface area contributed by atoms with Crippen molar-refractivity contribution in [2.45, 2.75) is 6.92 Å². The summed E-state index contributed by atoms with van der Waals surface area (Å²) in [6.07, 6.45) is 3.16. The Labute approximate surface area is 231 Å². The lowest BCUT2D eigenvalue weighted by molar-refractivity contribution is 0.103. The van der Waals surface area contributed by atoms with Gasteiger partial charge in [-0.25, -0.2) is 9.37 Å². The van der Waals surface area contributed by atoms with E-state index in [1.54, 1.807) is 13.1 Å². The van der Waals surface area contributed by atoms with E-state index in [1.165, 1.54) is 19.3 Å². The Morgan fingerprint density at radius 3 is 2.56 bits per heavy atom. The Hall–Kier alpha value is -3.51. The molecule has 1 fully saturated rings. The minimum absolute atomic E-state index is 0.0926. The fraction of sp³-hybridized carbons (Fsp3) is 0.259. The van der Waals surface area contributed by atoms with Crippen LogP contribution in [0.3, 0.4) is 0 Å². The largest absolute Gasteiger partial charge is 0.369 e. The number of fused-ring (bicyclic) bond motifs is 1. The molecule has 5 rings (SSSR count). The van der Waals surface area contributed by atoms with Crippen LogP contribution < -0.4 is 14.9 Å². The Bertz CT molecular complexity index is 1640. The third-order valence-corrected chi connectivity index (χ3v) is 8.82. The van der Waals surface area contributed by atoms with Crippen molar-refractivity contribution in [2.75, 3.05) is 49.4 Å². The lowest BCUT2D eigenvalue weighted by Gasteiger charge is -2.29. The average Bonchev–Trinajstić information content (AvgIpc) is 3.38. The van der Waals surface area contributed by atoms with Gasteiger partial charge in [-0.15, -0.1) is 0 Å². The second-order valence-electron chi connectivity index (χ2n) is 9.24. The molecule has 204 valence electrons. The molecule has 39 heavy (non-hydrogen) atoms. The number of aromatic nitrogens is 2. The molecule has 1 aliphatic rings. The maximum Gasteiger partial charge on any atom is 0.301 e. The highest BCUT2D eigenvalue weighted by atomic mass is 35.5. The summed E-state index contributed by atoms with van der Waals surface area (Å²) in [5.41, 5.74) is 2.95. The number of nitrogens with zero attached hydrogens (tertiary/aromatic N) is 3. The van der Waals surface area contributed by atoms with Crippen LogP contribution in [0.5, 0.6) is 0 Å². The molecule has 1 saturated heterocycles. The highest BCUT2D eigenvalue weighted by Crippen LogP contribution is 2.33.